The Bertz CT molecular complexity index is 373. The highest BCUT2D eigenvalue weighted by molar-refractivity contribution is 5.78. The maximum absolute atomic E-state index is 12.6. The first-order chi connectivity index (χ1) is 10.8. The Morgan fingerprint density at radius 3 is 2.68 bits per heavy atom. The zero-order chi connectivity index (χ0) is 15.4. The minimum Gasteiger partial charge on any atom is -0.375 e. The molecule has 0 aromatic carbocycles. The predicted molar refractivity (Wildman–Crippen MR) is 81.5 cm³/mol. The molecule has 3 heterocycles. The monoisotopic (exact) mass is 312 g/mol. The first-order valence-corrected chi connectivity index (χ1v) is 8.64. The summed E-state index contributed by atoms with van der Waals surface area (Å²) in [5.41, 5.74) is 0. The van der Waals surface area contributed by atoms with Crippen LogP contribution in [0.15, 0.2) is 0 Å². The third-order valence-electron chi connectivity index (χ3n) is 4.91. The zero-order valence-electron chi connectivity index (χ0n) is 13.5. The Labute approximate surface area is 132 Å². The van der Waals surface area contributed by atoms with E-state index in [1.807, 2.05) is 4.90 Å². The van der Waals surface area contributed by atoms with Gasteiger partial charge in [-0.1, -0.05) is 13.3 Å². The van der Waals surface area contributed by atoms with E-state index in [0.29, 0.717) is 32.9 Å². The summed E-state index contributed by atoms with van der Waals surface area (Å²) in [6, 6.07) is 0.225. The number of likely N-dealkylation sites (tertiary alicyclic amines) is 1. The lowest BCUT2D eigenvalue weighted by atomic mass is 10.0. The first-order valence-electron chi connectivity index (χ1n) is 8.64. The number of piperidine rings is 1. The fourth-order valence-corrected chi connectivity index (χ4v) is 3.59. The number of amides is 1. The van der Waals surface area contributed by atoms with Gasteiger partial charge in [0.15, 0.2) is 6.29 Å². The Kier molecular flexibility index (Phi) is 5.68. The number of hydrogen-bond acceptors (Lipinski definition) is 5. The summed E-state index contributed by atoms with van der Waals surface area (Å²) >= 11 is 0. The van der Waals surface area contributed by atoms with Gasteiger partial charge in [-0.25, -0.2) is 0 Å². The third kappa shape index (κ3) is 3.79. The van der Waals surface area contributed by atoms with Gasteiger partial charge in [-0.15, -0.1) is 0 Å². The molecule has 3 saturated heterocycles. The standard InChI is InChI=1S/C16H28N2O4/c1-2-13-11-18(7-8-20-13)15(19)12-17-6-4-3-5-14(17)16-21-9-10-22-16/h13-14,16H,2-12H2,1H3. The molecular weight excluding hydrogens is 284 g/mol. The van der Waals surface area contributed by atoms with Crippen LogP contribution in [0.2, 0.25) is 0 Å². The van der Waals surface area contributed by atoms with Gasteiger partial charge in [0.05, 0.1) is 38.5 Å². The molecule has 0 spiro atoms. The van der Waals surface area contributed by atoms with Gasteiger partial charge in [0, 0.05) is 13.1 Å². The molecule has 6 heteroatoms. The molecule has 2 unspecified atom stereocenters. The van der Waals surface area contributed by atoms with Crippen molar-refractivity contribution in [2.24, 2.45) is 0 Å². The second-order valence-corrected chi connectivity index (χ2v) is 6.38. The van der Waals surface area contributed by atoms with E-state index in [2.05, 4.69) is 11.8 Å². The van der Waals surface area contributed by atoms with E-state index in [1.54, 1.807) is 0 Å². The smallest absolute Gasteiger partial charge is 0.236 e. The maximum Gasteiger partial charge on any atom is 0.236 e. The molecule has 0 saturated carbocycles. The quantitative estimate of drug-likeness (QED) is 0.770. The van der Waals surface area contributed by atoms with Crippen LogP contribution in [0.1, 0.15) is 32.6 Å². The Morgan fingerprint density at radius 1 is 1.09 bits per heavy atom. The number of carbonyl (C=O) groups excluding carboxylic acids is 1. The molecule has 0 N–H and O–H groups in total. The van der Waals surface area contributed by atoms with Crippen molar-refractivity contribution >= 4 is 5.91 Å². The van der Waals surface area contributed by atoms with Crippen LogP contribution in [0.4, 0.5) is 0 Å². The summed E-state index contributed by atoms with van der Waals surface area (Å²) in [7, 11) is 0. The van der Waals surface area contributed by atoms with Crippen LogP contribution in [0.5, 0.6) is 0 Å². The molecule has 1 amide bonds. The van der Waals surface area contributed by atoms with Gasteiger partial charge in [-0.2, -0.15) is 0 Å². The van der Waals surface area contributed by atoms with Gasteiger partial charge < -0.3 is 19.1 Å². The SMILES string of the molecule is CCC1CN(C(=O)CN2CCCCC2C2OCCO2)CCO1. The molecule has 2 atom stereocenters. The van der Waals surface area contributed by atoms with Crippen molar-refractivity contribution in [1.82, 2.24) is 9.80 Å². The fourth-order valence-electron chi connectivity index (χ4n) is 3.59. The molecular formula is C16H28N2O4. The van der Waals surface area contributed by atoms with Crippen LogP contribution >= 0.6 is 0 Å². The minimum absolute atomic E-state index is 0.152. The van der Waals surface area contributed by atoms with E-state index in [-0.39, 0.29) is 24.3 Å². The van der Waals surface area contributed by atoms with Gasteiger partial charge in [-0.3, -0.25) is 9.69 Å². The number of ether oxygens (including phenoxy) is 3. The summed E-state index contributed by atoms with van der Waals surface area (Å²) < 4.78 is 17.0. The lowest BCUT2D eigenvalue weighted by Crippen LogP contribution is -2.53. The van der Waals surface area contributed by atoms with E-state index >= 15 is 0 Å². The lowest BCUT2D eigenvalue weighted by Gasteiger charge is -2.39. The predicted octanol–water partition coefficient (Wildman–Crippen LogP) is 0.851. The largest absolute Gasteiger partial charge is 0.375 e. The average molecular weight is 312 g/mol. The lowest BCUT2D eigenvalue weighted by molar-refractivity contribution is -0.146. The van der Waals surface area contributed by atoms with E-state index in [0.717, 1.165) is 32.4 Å². The Hall–Kier alpha value is -0.690. The number of nitrogens with zero attached hydrogens (tertiary/aromatic N) is 2. The summed E-state index contributed by atoms with van der Waals surface area (Å²) in [6.07, 6.45) is 4.39. The van der Waals surface area contributed by atoms with Crippen molar-refractivity contribution in [3.05, 3.63) is 0 Å². The molecule has 0 aromatic heterocycles. The Balaban J connectivity index is 1.56. The zero-order valence-corrected chi connectivity index (χ0v) is 13.5. The molecule has 0 radical (unpaired) electrons. The third-order valence-corrected chi connectivity index (χ3v) is 4.91. The van der Waals surface area contributed by atoms with Crippen molar-refractivity contribution in [2.45, 2.75) is 51.0 Å². The van der Waals surface area contributed by atoms with Crippen molar-refractivity contribution in [1.29, 1.82) is 0 Å². The molecule has 22 heavy (non-hydrogen) atoms. The average Bonchev–Trinajstić information content (AvgIpc) is 3.09. The van der Waals surface area contributed by atoms with Crippen LogP contribution in [-0.4, -0.2) is 80.1 Å². The summed E-state index contributed by atoms with van der Waals surface area (Å²) in [5, 5.41) is 0. The van der Waals surface area contributed by atoms with E-state index in [9.17, 15) is 4.79 Å². The van der Waals surface area contributed by atoms with Crippen LogP contribution in [0.25, 0.3) is 0 Å². The summed E-state index contributed by atoms with van der Waals surface area (Å²) in [6.45, 7) is 6.98. The number of hydrogen-bond donors (Lipinski definition) is 0. The van der Waals surface area contributed by atoms with E-state index < -0.39 is 0 Å². The van der Waals surface area contributed by atoms with Crippen LogP contribution in [-0.2, 0) is 19.0 Å². The van der Waals surface area contributed by atoms with Gasteiger partial charge in [0.25, 0.3) is 0 Å². The molecule has 126 valence electrons. The highest BCUT2D eigenvalue weighted by Crippen LogP contribution is 2.24. The van der Waals surface area contributed by atoms with Crippen molar-refractivity contribution in [2.75, 3.05) is 46.0 Å². The summed E-state index contributed by atoms with van der Waals surface area (Å²) in [4.78, 5) is 16.9. The maximum atomic E-state index is 12.6. The molecule has 0 aliphatic carbocycles. The second-order valence-electron chi connectivity index (χ2n) is 6.38. The highest BCUT2D eigenvalue weighted by atomic mass is 16.7. The van der Waals surface area contributed by atoms with E-state index in [4.69, 9.17) is 14.2 Å². The number of morpholine rings is 1. The molecule has 3 aliphatic heterocycles. The second kappa shape index (κ2) is 7.73. The number of carbonyl (C=O) groups is 1. The molecule has 6 nitrogen and oxygen atoms in total. The van der Waals surface area contributed by atoms with Crippen molar-refractivity contribution < 1.29 is 19.0 Å². The van der Waals surface area contributed by atoms with Crippen LogP contribution < -0.4 is 0 Å². The summed E-state index contributed by atoms with van der Waals surface area (Å²) in [5.74, 6) is 0.214. The van der Waals surface area contributed by atoms with E-state index in [1.165, 1.54) is 6.42 Å². The molecule has 0 aromatic rings. The van der Waals surface area contributed by atoms with Gasteiger partial charge in [0.1, 0.15) is 0 Å². The molecule has 3 rings (SSSR count). The van der Waals surface area contributed by atoms with Crippen LogP contribution in [0, 0.1) is 0 Å². The highest BCUT2D eigenvalue weighted by Gasteiger charge is 2.35. The molecule has 3 fully saturated rings. The fraction of sp³-hybridized carbons (Fsp3) is 0.938. The topological polar surface area (TPSA) is 51.2 Å². The van der Waals surface area contributed by atoms with Gasteiger partial charge in [0.2, 0.25) is 5.91 Å². The first kappa shape index (κ1) is 16.2. The Morgan fingerprint density at radius 2 is 1.91 bits per heavy atom. The molecule has 3 aliphatic rings. The van der Waals surface area contributed by atoms with Crippen molar-refractivity contribution in [3.8, 4) is 0 Å². The minimum atomic E-state index is -0.152. The van der Waals surface area contributed by atoms with Crippen molar-refractivity contribution in [3.63, 3.8) is 0 Å². The van der Waals surface area contributed by atoms with Gasteiger partial charge >= 0.3 is 0 Å². The number of rotatable bonds is 4. The molecule has 0 bridgehead atoms. The van der Waals surface area contributed by atoms with Crippen LogP contribution in [0.3, 0.4) is 0 Å². The van der Waals surface area contributed by atoms with Gasteiger partial charge in [-0.05, 0) is 25.8 Å². The normalized spacial score (nSPS) is 31.6.